The van der Waals surface area contributed by atoms with Gasteiger partial charge in [0.05, 0.1) is 7.11 Å². The summed E-state index contributed by atoms with van der Waals surface area (Å²) in [5.74, 6) is 0.660. The van der Waals surface area contributed by atoms with Gasteiger partial charge in [0.2, 0.25) is 5.88 Å². The van der Waals surface area contributed by atoms with Crippen molar-refractivity contribution in [2.24, 2.45) is 0 Å². The van der Waals surface area contributed by atoms with Gasteiger partial charge in [-0.05, 0) is 6.07 Å². The van der Waals surface area contributed by atoms with Gasteiger partial charge >= 0.3 is 0 Å². The third kappa shape index (κ3) is 2.13. The number of pyridine rings is 1. The first kappa shape index (κ1) is 7.95. The molecule has 9 heavy (non-hydrogen) atoms. The molecule has 1 rings (SSSR count). The third-order valence-electron chi connectivity index (χ3n) is 0.847. The molecule has 0 aliphatic rings. The average molecular weight is 125 g/mol. The van der Waals surface area contributed by atoms with E-state index in [1.165, 1.54) is 0 Å². The monoisotopic (exact) mass is 125 g/mol. The molecule has 0 radical (unpaired) electrons. The van der Waals surface area contributed by atoms with Gasteiger partial charge in [-0.15, -0.1) is 0 Å². The van der Waals surface area contributed by atoms with Gasteiger partial charge in [0.25, 0.3) is 0 Å². The number of ether oxygens (including phenoxy) is 1. The Morgan fingerprint density at radius 1 is 1.44 bits per heavy atom. The first-order valence-corrected chi connectivity index (χ1v) is 2.38. The zero-order chi connectivity index (χ0) is 5.82. The quantitative estimate of drug-likeness (QED) is 0.570. The van der Waals surface area contributed by atoms with Crippen LogP contribution in [0.25, 0.3) is 0 Å². The predicted octanol–water partition coefficient (Wildman–Crippen LogP) is 1.73. The first-order chi connectivity index (χ1) is 3.93. The number of rotatable bonds is 1. The Morgan fingerprint density at radius 3 is 2.56 bits per heavy atom. The van der Waals surface area contributed by atoms with E-state index in [0.717, 1.165) is 0 Å². The number of nitrogens with zero attached hydrogens (tertiary/aromatic N) is 1. The molecule has 2 heteroatoms. The Kier molecular flexibility index (Phi) is 3.44. The third-order valence-corrected chi connectivity index (χ3v) is 0.847. The molecule has 0 atom stereocenters. The second-order valence-electron chi connectivity index (χ2n) is 1.37. The summed E-state index contributed by atoms with van der Waals surface area (Å²) < 4.78 is 4.80. The molecule has 0 saturated heterocycles. The highest BCUT2D eigenvalue weighted by Crippen LogP contribution is 1.99. The Hall–Kier alpha value is -1.05. The summed E-state index contributed by atoms with van der Waals surface area (Å²) >= 11 is 0. The normalized spacial score (nSPS) is 7.67. The van der Waals surface area contributed by atoms with E-state index in [2.05, 4.69) is 4.98 Å². The minimum Gasteiger partial charge on any atom is -0.481 e. The van der Waals surface area contributed by atoms with Crippen molar-refractivity contribution in [1.82, 2.24) is 4.98 Å². The van der Waals surface area contributed by atoms with Crippen LogP contribution in [0.5, 0.6) is 5.88 Å². The summed E-state index contributed by atoms with van der Waals surface area (Å²) in [6.07, 6.45) is 1.69. The van der Waals surface area contributed by atoms with Crippen LogP contribution in [0.1, 0.15) is 7.43 Å². The van der Waals surface area contributed by atoms with Crippen molar-refractivity contribution < 1.29 is 4.74 Å². The topological polar surface area (TPSA) is 22.1 Å². The van der Waals surface area contributed by atoms with Crippen LogP contribution in [-0.4, -0.2) is 12.1 Å². The lowest BCUT2D eigenvalue weighted by molar-refractivity contribution is 0.398. The van der Waals surface area contributed by atoms with Crippen molar-refractivity contribution in [3.05, 3.63) is 24.4 Å². The molecular formula is C7H11NO. The lowest BCUT2D eigenvalue weighted by atomic mass is 10.5. The Balaban J connectivity index is 0.000000640. The van der Waals surface area contributed by atoms with Gasteiger partial charge in [-0.3, -0.25) is 0 Å². The molecule has 0 fully saturated rings. The van der Waals surface area contributed by atoms with Crippen molar-refractivity contribution in [3.8, 4) is 5.88 Å². The van der Waals surface area contributed by atoms with Crippen molar-refractivity contribution in [2.75, 3.05) is 7.11 Å². The summed E-state index contributed by atoms with van der Waals surface area (Å²) in [5, 5.41) is 0. The van der Waals surface area contributed by atoms with Crippen LogP contribution in [0.3, 0.4) is 0 Å². The molecule has 0 amide bonds. The summed E-state index contributed by atoms with van der Waals surface area (Å²) in [4.78, 5) is 3.88. The SMILES string of the molecule is C.COc1ccccn1. The highest BCUT2D eigenvalue weighted by molar-refractivity contribution is 5.08. The van der Waals surface area contributed by atoms with E-state index in [0.29, 0.717) is 5.88 Å². The van der Waals surface area contributed by atoms with E-state index in [1.54, 1.807) is 19.4 Å². The van der Waals surface area contributed by atoms with Gasteiger partial charge in [0.1, 0.15) is 0 Å². The minimum absolute atomic E-state index is 0. The molecule has 0 spiro atoms. The molecule has 0 unspecified atom stereocenters. The maximum absolute atomic E-state index is 4.80. The minimum atomic E-state index is 0. The molecule has 0 aliphatic heterocycles. The molecule has 0 aliphatic carbocycles. The Morgan fingerprint density at radius 2 is 2.22 bits per heavy atom. The number of hydrogen-bond donors (Lipinski definition) is 0. The Labute approximate surface area is 55.5 Å². The molecule has 0 saturated carbocycles. The van der Waals surface area contributed by atoms with Gasteiger partial charge in [0, 0.05) is 12.3 Å². The summed E-state index contributed by atoms with van der Waals surface area (Å²) in [7, 11) is 1.60. The molecule has 0 bridgehead atoms. The molecule has 0 N–H and O–H groups in total. The van der Waals surface area contributed by atoms with Gasteiger partial charge < -0.3 is 4.74 Å². The zero-order valence-corrected chi connectivity index (χ0v) is 4.66. The van der Waals surface area contributed by atoms with E-state index in [9.17, 15) is 0 Å². The van der Waals surface area contributed by atoms with Gasteiger partial charge in [0.15, 0.2) is 0 Å². The van der Waals surface area contributed by atoms with Crippen LogP contribution in [0.4, 0.5) is 0 Å². The maximum Gasteiger partial charge on any atom is 0.212 e. The van der Waals surface area contributed by atoms with Gasteiger partial charge in [-0.2, -0.15) is 0 Å². The second kappa shape index (κ2) is 3.89. The fourth-order valence-corrected chi connectivity index (χ4v) is 0.468. The standard InChI is InChI=1S/C6H7NO.CH4/c1-8-6-4-2-3-5-7-6;/h2-5H,1H3;1H4. The second-order valence-corrected chi connectivity index (χ2v) is 1.37. The van der Waals surface area contributed by atoms with E-state index in [1.807, 2.05) is 12.1 Å². The molecule has 1 heterocycles. The molecule has 0 aromatic carbocycles. The number of aromatic nitrogens is 1. The van der Waals surface area contributed by atoms with Crippen molar-refractivity contribution in [1.29, 1.82) is 0 Å². The maximum atomic E-state index is 4.80. The smallest absolute Gasteiger partial charge is 0.212 e. The summed E-state index contributed by atoms with van der Waals surface area (Å²) in [5.41, 5.74) is 0. The molecule has 1 aromatic heterocycles. The molecule has 50 valence electrons. The van der Waals surface area contributed by atoms with Gasteiger partial charge in [-0.25, -0.2) is 4.98 Å². The van der Waals surface area contributed by atoms with Gasteiger partial charge in [-0.1, -0.05) is 13.5 Å². The molecular weight excluding hydrogens is 114 g/mol. The number of methoxy groups -OCH3 is 1. The lowest BCUT2D eigenvalue weighted by Crippen LogP contribution is -1.83. The highest BCUT2D eigenvalue weighted by Gasteiger charge is 1.82. The van der Waals surface area contributed by atoms with Crippen molar-refractivity contribution in [2.45, 2.75) is 7.43 Å². The van der Waals surface area contributed by atoms with Crippen LogP contribution in [0, 0.1) is 0 Å². The fourth-order valence-electron chi connectivity index (χ4n) is 0.468. The van der Waals surface area contributed by atoms with Crippen LogP contribution >= 0.6 is 0 Å². The first-order valence-electron chi connectivity index (χ1n) is 2.38. The Bertz CT molecular complexity index is 150. The van der Waals surface area contributed by atoms with E-state index < -0.39 is 0 Å². The van der Waals surface area contributed by atoms with E-state index in [-0.39, 0.29) is 7.43 Å². The largest absolute Gasteiger partial charge is 0.481 e. The lowest BCUT2D eigenvalue weighted by Gasteiger charge is -1.92. The average Bonchev–Trinajstić information content (AvgIpc) is 1.90. The molecule has 1 aromatic rings. The summed E-state index contributed by atoms with van der Waals surface area (Å²) in [6, 6.07) is 5.54. The van der Waals surface area contributed by atoms with Crippen LogP contribution < -0.4 is 4.74 Å². The fraction of sp³-hybridized carbons (Fsp3) is 0.286. The van der Waals surface area contributed by atoms with Crippen LogP contribution in [0.2, 0.25) is 0 Å². The van der Waals surface area contributed by atoms with Crippen LogP contribution in [-0.2, 0) is 0 Å². The van der Waals surface area contributed by atoms with Crippen molar-refractivity contribution >= 4 is 0 Å². The molecule has 2 nitrogen and oxygen atoms in total. The van der Waals surface area contributed by atoms with E-state index >= 15 is 0 Å². The van der Waals surface area contributed by atoms with Crippen LogP contribution in [0.15, 0.2) is 24.4 Å². The summed E-state index contributed by atoms with van der Waals surface area (Å²) in [6.45, 7) is 0. The van der Waals surface area contributed by atoms with Crippen molar-refractivity contribution in [3.63, 3.8) is 0 Å². The number of hydrogen-bond acceptors (Lipinski definition) is 2. The highest BCUT2D eigenvalue weighted by atomic mass is 16.5. The van der Waals surface area contributed by atoms with E-state index in [4.69, 9.17) is 4.74 Å². The predicted molar refractivity (Wildman–Crippen MR) is 37.5 cm³/mol. The zero-order valence-electron chi connectivity index (χ0n) is 4.66.